The first-order valence-corrected chi connectivity index (χ1v) is 6.94. The number of H-pyrrole nitrogens is 1. The number of aromatic amines is 1. The molecule has 6 heteroatoms. The number of thioether (sulfide) groups is 1. The summed E-state index contributed by atoms with van der Waals surface area (Å²) in [7, 11) is 0. The molecule has 1 aromatic heterocycles. The van der Waals surface area contributed by atoms with Crippen LogP contribution in [-0.4, -0.2) is 21.0 Å². The molecule has 0 bridgehead atoms. The van der Waals surface area contributed by atoms with Crippen molar-refractivity contribution in [2.75, 3.05) is 0 Å². The highest BCUT2D eigenvalue weighted by Gasteiger charge is 2.18. The van der Waals surface area contributed by atoms with Crippen molar-refractivity contribution in [3.05, 3.63) is 58.0 Å². The number of aliphatic carboxylic acids is 1. The Labute approximate surface area is 120 Å². The number of nitrogens with one attached hydrogen (secondary N) is 1. The lowest BCUT2D eigenvalue weighted by molar-refractivity contribution is -0.137. The van der Waals surface area contributed by atoms with Crippen LogP contribution in [0.1, 0.15) is 22.9 Å². The van der Waals surface area contributed by atoms with Crippen LogP contribution in [0.15, 0.2) is 46.3 Å². The molecule has 0 aliphatic rings. The number of aryl methyl sites for hydroxylation is 1. The number of carboxylic acids is 1. The Morgan fingerprint density at radius 1 is 1.40 bits per heavy atom. The molecule has 0 saturated heterocycles. The monoisotopic (exact) mass is 290 g/mol. The molecular formula is C14H14N2O3S. The highest BCUT2D eigenvalue weighted by atomic mass is 32.2. The SMILES string of the molecule is Cc1cc(=O)[nH]c(SC(CC(=O)O)c2ccccc2)n1. The van der Waals surface area contributed by atoms with Gasteiger partial charge < -0.3 is 10.1 Å². The molecule has 2 aromatic rings. The van der Waals surface area contributed by atoms with Gasteiger partial charge in [-0.15, -0.1) is 0 Å². The van der Waals surface area contributed by atoms with Gasteiger partial charge in [-0.3, -0.25) is 9.59 Å². The first-order chi connectivity index (χ1) is 9.54. The van der Waals surface area contributed by atoms with Gasteiger partial charge in [0.15, 0.2) is 5.16 Å². The van der Waals surface area contributed by atoms with E-state index < -0.39 is 5.97 Å². The van der Waals surface area contributed by atoms with E-state index in [1.54, 1.807) is 6.92 Å². The first kappa shape index (κ1) is 14.3. The molecular weight excluding hydrogens is 276 g/mol. The molecule has 2 rings (SSSR count). The number of hydrogen-bond donors (Lipinski definition) is 2. The van der Waals surface area contributed by atoms with E-state index >= 15 is 0 Å². The summed E-state index contributed by atoms with van der Waals surface area (Å²) in [6.45, 7) is 1.73. The molecule has 2 N–H and O–H groups in total. The highest BCUT2D eigenvalue weighted by molar-refractivity contribution is 7.99. The largest absolute Gasteiger partial charge is 0.481 e. The van der Waals surface area contributed by atoms with E-state index in [9.17, 15) is 9.59 Å². The van der Waals surface area contributed by atoms with Gasteiger partial charge in [0.05, 0.1) is 6.42 Å². The maximum atomic E-state index is 11.4. The number of carboxylic acid groups (broad SMARTS) is 1. The molecule has 0 aliphatic carbocycles. The van der Waals surface area contributed by atoms with E-state index in [1.165, 1.54) is 17.8 Å². The van der Waals surface area contributed by atoms with Crippen molar-refractivity contribution in [1.82, 2.24) is 9.97 Å². The number of nitrogens with zero attached hydrogens (tertiary/aromatic N) is 1. The van der Waals surface area contributed by atoms with Crippen LogP contribution in [0.2, 0.25) is 0 Å². The Morgan fingerprint density at radius 2 is 2.10 bits per heavy atom. The molecule has 0 saturated carbocycles. The average Bonchev–Trinajstić information content (AvgIpc) is 2.37. The summed E-state index contributed by atoms with van der Waals surface area (Å²) in [6.07, 6.45) is -0.0354. The quantitative estimate of drug-likeness (QED) is 0.652. The van der Waals surface area contributed by atoms with Gasteiger partial charge in [0, 0.05) is 17.0 Å². The molecule has 0 spiro atoms. The fraction of sp³-hybridized carbons (Fsp3) is 0.214. The van der Waals surface area contributed by atoms with Gasteiger partial charge in [0.2, 0.25) is 0 Å². The van der Waals surface area contributed by atoms with Crippen molar-refractivity contribution in [2.24, 2.45) is 0 Å². The Morgan fingerprint density at radius 3 is 2.70 bits per heavy atom. The van der Waals surface area contributed by atoms with Crippen molar-refractivity contribution in [2.45, 2.75) is 23.8 Å². The maximum Gasteiger partial charge on any atom is 0.304 e. The highest BCUT2D eigenvalue weighted by Crippen LogP contribution is 2.35. The topological polar surface area (TPSA) is 83.0 Å². The Balaban J connectivity index is 2.28. The van der Waals surface area contributed by atoms with Crippen LogP contribution in [0.25, 0.3) is 0 Å². The van der Waals surface area contributed by atoms with Crippen molar-refractivity contribution in [3.63, 3.8) is 0 Å². The Kier molecular flexibility index (Phi) is 4.57. The Hall–Kier alpha value is -2.08. The number of carbonyl (C=O) groups is 1. The number of hydrogen-bond acceptors (Lipinski definition) is 4. The standard InChI is InChI=1S/C14H14N2O3S/c1-9-7-12(17)16-14(15-9)20-11(8-13(18)19)10-5-3-2-4-6-10/h2-7,11H,8H2,1H3,(H,18,19)(H,15,16,17). The molecule has 1 unspecified atom stereocenters. The summed E-state index contributed by atoms with van der Waals surface area (Å²) in [6, 6.07) is 10.7. The second-order valence-electron chi connectivity index (χ2n) is 4.31. The fourth-order valence-corrected chi connectivity index (χ4v) is 2.94. The van der Waals surface area contributed by atoms with Crippen LogP contribution >= 0.6 is 11.8 Å². The van der Waals surface area contributed by atoms with E-state index in [0.717, 1.165) is 5.56 Å². The zero-order valence-corrected chi connectivity index (χ0v) is 11.7. The molecule has 0 fully saturated rings. The first-order valence-electron chi connectivity index (χ1n) is 6.06. The zero-order chi connectivity index (χ0) is 14.5. The van der Waals surface area contributed by atoms with Gasteiger partial charge in [0.25, 0.3) is 5.56 Å². The normalized spacial score (nSPS) is 12.1. The van der Waals surface area contributed by atoms with Crippen molar-refractivity contribution in [3.8, 4) is 0 Å². The minimum atomic E-state index is -0.888. The van der Waals surface area contributed by atoms with Crippen LogP contribution in [0.5, 0.6) is 0 Å². The summed E-state index contributed by atoms with van der Waals surface area (Å²) in [5.74, 6) is -0.888. The van der Waals surface area contributed by atoms with Gasteiger partial charge in [-0.2, -0.15) is 0 Å². The molecule has 20 heavy (non-hydrogen) atoms. The third-order valence-electron chi connectivity index (χ3n) is 2.63. The second-order valence-corrected chi connectivity index (χ2v) is 5.50. The molecule has 1 aromatic carbocycles. The van der Waals surface area contributed by atoms with Crippen molar-refractivity contribution < 1.29 is 9.90 Å². The van der Waals surface area contributed by atoms with Gasteiger partial charge in [-0.1, -0.05) is 42.1 Å². The van der Waals surface area contributed by atoms with Crippen LogP contribution in [0, 0.1) is 6.92 Å². The Bertz CT molecular complexity index is 655. The van der Waals surface area contributed by atoms with Gasteiger partial charge in [-0.25, -0.2) is 4.98 Å². The lowest BCUT2D eigenvalue weighted by atomic mass is 10.1. The maximum absolute atomic E-state index is 11.4. The van der Waals surface area contributed by atoms with Crippen molar-refractivity contribution >= 4 is 17.7 Å². The summed E-state index contributed by atoms with van der Waals surface area (Å²) in [4.78, 5) is 29.3. The third-order valence-corrected chi connectivity index (χ3v) is 3.77. The van der Waals surface area contributed by atoms with E-state index in [4.69, 9.17) is 5.11 Å². The third kappa shape index (κ3) is 3.96. The average molecular weight is 290 g/mol. The molecule has 104 valence electrons. The molecule has 0 aliphatic heterocycles. The van der Waals surface area contributed by atoms with Crippen LogP contribution in [0.4, 0.5) is 0 Å². The summed E-state index contributed by atoms with van der Waals surface area (Å²) < 4.78 is 0. The molecule has 0 amide bonds. The fourth-order valence-electron chi connectivity index (χ4n) is 1.80. The zero-order valence-electron chi connectivity index (χ0n) is 10.9. The van der Waals surface area contributed by atoms with Crippen LogP contribution < -0.4 is 5.56 Å². The van der Waals surface area contributed by atoms with Gasteiger partial charge in [-0.05, 0) is 12.5 Å². The van der Waals surface area contributed by atoms with E-state index in [1.807, 2.05) is 30.3 Å². The molecule has 1 heterocycles. The molecule has 1 atom stereocenters. The summed E-state index contributed by atoms with van der Waals surface area (Å²) >= 11 is 1.25. The van der Waals surface area contributed by atoms with Crippen LogP contribution in [0.3, 0.4) is 0 Å². The second kappa shape index (κ2) is 6.38. The number of aromatic nitrogens is 2. The molecule has 0 radical (unpaired) electrons. The number of rotatable bonds is 5. The van der Waals surface area contributed by atoms with Gasteiger partial charge >= 0.3 is 5.97 Å². The smallest absolute Gasteiger partial charge is 0.304 e. The van der Waals surface area contributed by atoms with E-state index in [-0.39, 0.29) is 17.2 Å². The minimum absolute atomic E-state index is 0.0354. The lowest BCUT2D eigenvalue weighted by Gasteiger charge is -2.14. The van der Waals surface area contributed by atoms with E-state index in [0.29, 0.717) is 10.9 Å². The summed E-state index contributed by atoms with van der Waals surface area (Å²) in [5.41, 5.74) is 1.27. The summed E-state index contributed by atoms with van der Waals surface area (Å²) in [5, 5.41) is 9.17. The van der Waals surface area contributed by atoms with Crippen molar-refractivity contribution in [1.29, 1.82) is 0 Å². The number of benzene rings is 1. The predicted molar refractivity (Wildman–Crippen MR) is 76.9 cm³/mol. The lowest BCUT2D eigenvalue weighted by Crippen LogP contribution is -2.10. The predicted octanol–water partition coefficient (Wildman–Crippen LogP) is 2.39. The van der Waals surface area contributed by atoms with Crippen LogP contribution in [-0.2, 0) is 4.79 Å². The van der Waals surface area contributed by atoms with E-state index in [2.05, 4.69) is 9.97 Å². The minimum Gasteiger partial charge on any atom is -0.481 e. The van der Waals surface area contributed by atoms with Gasteiger partial charge in [0.1, 0.15) is 0 Å². The molecule has 5 nitrogen and oxygen atoms in total.